The molecule has 1 unspecified atom stereocenters. The lowest BCUT2D eigenvalue weighted by Gasteiger charge is -2.31. The lowest BCUT2D eigenvalue weighted by molar-refractivity contribution is 0.0710. The number of hydrogen-bond acceptors (Lipinski definition) is 5. The Morgan fingerprint density at radius 1 is 1.50 bits per heavy atom. The van der Waals surface area contributed by atoms with Crippen molar-refractivity contribution in [1.82, 2.24) is 15.0 Å². The first-order valence-corrected chi connectivity index (χ1v) is 7.79. The van der Waals surface area contributed by atoms with Crippen molar-refractivity contribution in [2.24, 2.45) is 5.73 Å². The van der Waals surface area contributed by atoms with E-state index < -0.39 is 0 Å². The number of nitrogens with two attached hydrogens (primary N) is 1. The van der Waals surface area contributed by atoms with E-state index in [1.165, 1.54) is 0 Å². The zero-order valence-corrected chi connectivity index (χ0v) is 13.3. The van der Waals surface area contributed by atoms with Crippen LogP contribution in [-0.2, 0) is 0 Å². The van der Waals surface area contributed by atoms with Gasteiger partial charge in [-0.05, 0) is 31.7 Å². The van der Waals surface area contributed by atoms with Gasteiger partial charge in [0.2, 0.25) is 0 Å². The second-order valence-corrected chi connectivity index (χ2v) is 6.37. The summed E-state index contributed by atoms with van der Waals surface area (Å²) in [5.74, 6) is 0.164. The molecular formula is C16H22N4O2. The van der Waals surface area contributed by atoms with E-state index in [2.05, 4.69) is 10.1 Å². The molecule has 1 aliphatic rings. The third kappa shape index (κ3) is 2.59. The highest BCUT2D eigenvalue weighted by Gasteiger charge is 2.27. The molecule has 2 aromatic rings. The van der Waals surface area contributed by atoms with Crippen LogP contribution in [0.25, 0.3) is 11.1 Å². The number of amides is 1. The molecule has 0 bridgehead atoms. The van der Waals surface area contributed by atoms with E-state index in [1.807, 2.05) is 31.7 Å². The molecule has 2 N–H and O–H groups in total. The van der Waals surface area contributed by atoms with Crippen molar-refractivity contribution in [3.63, 3.8) is 0 Å². The number of pyridine rings is 1. The first kappa shape index (κ1) is 15.0. The van der Waals surface area contributed by atoms with Crippen molar-refractivity contribution in [2.75, 3.05) is 13.1 Å². The fourth-order valence-corrected chi connectivity index (χ4v) is 3.02. The van der Waals surface area contributed by atoms with Crippen LogP contribution in [0.5, 0.6) is 0 Å². The number of carbonyl (C=O) groups excluding carboxylic acids is 1. The van der Waals surface area contributed by atoms with Gasteiger partial charge in [0.1, 0.15) is 0 Å². The molecule has 0 aromatic carbocycles. The fraction of sp³-hybridized carbons (Fsp3) is 0.562. The first-order valence-electron chi connectivity index (χ1n) is 7.79. The zero-order chi connectivity index (χ0) is 15.9. The predicted octanol–water partition coefficient (Wildman–Crippen LogP) is 2.22. The molecular weight excluding hydrogens is 280 g/mol. The van der Waals surface area contributed by atoms with Gasteiger partial charge in [0, 0.05) is 24.8 Å². The molecule has 118 valence electrons. The Morgan fingerprint density at radius 2 is 2.27 bits per heavy atom. The van der Waals surface area contributed by atoms with Gasteiger partial charge in [-0.25, -0.2) is 4.98 Å². The van der Waals surface area contributed by atoms with Crippen LogP contribution in [0, 0.1) is 6.92 Å². The van der Waals surface area contributed by atoms with Crippen LogP contribution in [0.2, 0.25) is 0 Å². The smallest absolute Gasteiger partial charge is 0.259 e. The van der Waals surface area contributed by atoms with Gasteiger partial charge < -0.3 is 15.2 Å². The van der Waals surface area contributed by atoms with E-state index in [0.717, 1.165) is 36.2 Å². The molecule has 6 nitrogen and oxygen atoms in total. The summed E-state index contributed by atoms with van der Waals surface area (Å²) >= 11 is 0. The van der Waals surface area contributed by atoms with E-state index in [-0.39, 0.29) is 17.9 Å². The van der Waals surface area contributed by atoms with Gasteiger partial charge in [0.05, 0.1) is 16.6 Å². The van der Waals surface area contributed by atoms with Crippen LogP contribution in [0.1, 0.15) is 54.4 Å². The predicted molar refractivity (Wildman–Crippen MR) is 83.7 cm³/mol. The highest BCUT2D eigenvalue weighted by molar-refractivity contribution is 6.06. The van der Waals surface area contributed by atoms with Crippen LogP contribution in [0.15, 0.2) is 10.6 Å². The van der Waals surface area contributed by atoms with Gasteiger partial charge in [-0.15, -0.1) is 0 Å². The number of piperidine rings is 1. The van der Waals surface area contributed by atoms with Gasteiger partial charge in [-0.3, -0.25) is 4.79 Å². The highest BCUT2D eigenvalue weighted by atomic mass is 16.5. The number of nitrogens with zero attached hydrogens (tertiary/aromatic N) is 3. The maximum absolute atomic E-state index is 13.0. The second-order valence-electron chi connectivity index (χ2n) is 6.37. The minimum absolute atomic E-state index is 0.00394. The molecule has 22 heavy (non-hydrogen) atoms. The maximum Gasteiger partial charge on any atom is 0.259 e. The molecule has 3 rings (SSSR count). The number of likely N-dealkylation sites (tertiary alicyclic amines) is 1. The molecule has 2 aromatic heterocycles. The van der Waals surface area contributed by atoms with Crippen molar-refractivity contribution < 1.29 is 9.32 Å². The first-order chi connectivity index (χ1) is 10.5. The molecule has 3 heterocycles. The summed E-state index contributed by atoms with van der Waals surface area (Å²) < 4.78 is 5.33. The summed E-state index contributed by atoms with van der Waals surface area (Å²) in [5.41, 5.74) is 8.61. The molecule has 0 saturated carbocycles. The number of rotatable bonds is 2. The van der Waals surface area contributed by atoms with Crippen molar-refractivity contribution in [3.05, 3.63) is 23.0 Å². The lowest BCUT2D eigenvalue weighted by Crippen LogP contribution is -2.45. The largest absolute Gasteiger partial charge is 0.337 e. The maximum atomic E-state index is 13.0. The van der Waals surface area contributed by atoms with Crippen LogP contribution in [-0.4, -0.2) is 40.1 Å². The van der Waals surface area contributed by atoms with E-state index in [1.54, 1.807) is 0 Å². The molecule has 1 fully saturated rings. The topological polar surface area (TPSA) is 85.2 Å². The lowest BCUT2D eigenvalue weighted by atomic mass is 10.0. The summed E-state index contributed by atoms with van der Waals surface area (Å²) in [6.45, 7) is 7.27. The number of aryl methyl sites for hydroxylation is 1. The van der Waals surface area contributed by atoms with E-state index in [4.69, 9.17) is 10.3 Å². The van der Waals surface area contributed by atoms with E-state index in [0.29, 0.717) is 17.8 Å². The molecule has 1 atom stereocenters. The minimum atomic E-state index is -0.00394. The number of aromatic nitrogens is 2. The average molecular weight is 302 g/mol. The summed E-state index contributed by atoms with van der Waals surface area (Å²) in [4.78, 5) is 19.1. The summed E-state index contributed by atoms with van der Waals surface area (Å²) in [6, 6.07) is 1.89. The van der Waals surface area contributed by atoms with E-state index in [9.17, 15) is 4.79 Å². The molecule has 1 aliphatic heterocycles. The Bertz CT molecular complexity index is 707. The highest BCUT2D eigenvalue weighted by Crippen LogP contribution is 2.28. The number of carbonyl (C=O) groups is 1. The summed E-state index contributed by atoms with van der Waals surface area (Å²) in [7, 11) is 0. The standard InChI is InChI=1S/C16H22N4O2/c1-9(2)14-13-12(7-10(3)18-15(13)22-19-14)16(21)20-6-4-5-11(17)8-20/h7,9,11H,4-6,8,17H2,1-3H3. The van der Waals surface area contributed by atoms with Gasteiger partial charge in [0.15, 0.2) is 0 Å². The quantitative estimate of drug-likeness (QED) is 0.919. The average Bonchev–Trinajstić information content (AvgIpc) is 2.89. The Balaban J connectivity index is 2.08. The second kappa shape index (κ2) is 5.68. The molecule has 6 heteroatoms. The third-order valence-electron chi connectivity index (χ3n) is 4.12. The van der Waals surface area contributed by atoms with Crippen molar-refractivity contribution in [3.8, 4) is 0 Å². The van der Waals surface area contributed by atoms with Crippen LogP contribution in [0.4, 0.5) is 0 Å². The van der Waals surface area contributed by atoms with Crippen LogP contribution < -0.4 is 5.73 Å². The van der Waals surface area contributed by atoms with Crippen molar-refractivity contribution >= 4 is 17.0 Å². The number of hydrogen-bond donors (Lipinski definition) is 1. The Morgan fingerprint density at radius 3 is 2.95 bits per heavy atom. The van der Waals surface area contributed by atoms with Crippen molar-refractivity contribution in [2.45, 2.75) is 45.6 Å². The van der Waals surface area contributed by atoms with Crippen LogP contribution >= 0.6 is 0 Å². The van der Waals surface area contributed by atoms with Crippen LogP contribution in [0.3, 0.4) is 0 Å². The Kier molecular flexibility index (Phi) is 3.87. The summed E-state index contributed by atoms with van der Waals surface area (Å²) in [5, 5.41) is 4.85. The van der Waals surface area contributed by atoms with Gasteiger partial charge in [0.25, 0.3) is 11.6 Å². The van der Waals surface area contributed by atoms with E-state index >= 15 is 0 Å². The normalized spacial score (nSPS) is 19.1. The Hall–Kier alpha value is -1.95. The minimum Gasteiger partial charge on any atom is -0.337 e. The van der Waals surface area contributed by atoms with Gasteiger partial charge >= 0.3 is 0 Å². The Labute approximate surface area is 129 Å². The molecule has 1 saturated heterocycles. The fourth-order valence-electron chi connectivity index (χ4n) is 3.02. The van der Waals surface area contributed by atoms with Gasteiger partial charge in [-0.2, -0.15) is 0 Å². The van der Waals surface area contributed by atoms with Crippen molar-refractivity contribution in [1.29, 1.82) is 0 Å². The third-order valence-corrected chi connectivity index (χ3v) is 4.12. The molecule has 0 aliphatic carbocycles. The van der Waals surface area contributed by atoms with Gasteiger partial charge in [-0.1, -0.05) is 19.0 Å². The molecule has 1 amide bonds. The zero-order valence-electron chi connectivity index (χ0n) is 13.3. The monoisotopic (exact) mass is 302 g/mol. The SMILES string of the molecule is Cc1cc(C(=O)N2CCCC(N)C2)c2c(C(C)C)noc2n1. The molecule has 0 spiro atoms. The number of fused-ring (bicyclic) bond motifs is 1. The summed E-state index contributed by atoms with van der Waals surface area (Å²) in [6.07, 6.45) is 1.92. The molecule has 0 radical (unpaired) electrons.